The zero-order valence-corrected chi connectivity index (χ0v) is 11.7. The molecule has 0 heterocycles. The van der Waals surface area contributed by atoms with Gasteiger partial charge in [0.15, 0.2) is 11.5 Å². The van der Waals surface area contributed by atoms with Gasteiger partial charge in [-0.2, -0.15) is 0 Å². The highest BCUT2D eigenvalue weighted by Gasteiger charge is 2.16. The first-order chi connectivity index (χ1) is 8.53. The summed E-state index contributed by atoms with van der Waals surface area (Å²) in [5.74, 6) is 6.67. The summed E-state index contributed by atoms with van der Waals surface area (Å²) in [6, 6.07) is 3.62. The summed E-state index contributed by atoms with van der Waals surface area (Å²) in [6.07, 6.45) is 0.725. The van der Waals surface area contributed by atoms with Crippen molar-refractivity contribution in [3.05, 3.63) is 34.9 Å². The van der Waals surface area contributed by atoms with Gasteiger partial charge in [-0.1, -0.05) is 17.2 Å². The van der Waals surface area contributed by atoms with Gasteiger partial charge in [0.2, 0.25) is 0 Å². The topological polar surface area (TPSA) is 56.5 Å². The van der Waals surface area contributed by atoms with Gasteiger partial charge < -0.3 is 9.47 Å². The lowest BCUT2D eigenvalue weighted by molar-refractivity contribution is 0.354. The first kappa shape index (κ1) is 14.8. The van der Waals surface area contributed by atoms with E-state index >= 15 is 0 Å². The summed E-state index contributed by atoms with van der Waals surface area (Å²) in [5.41, 5.74) is 4.71. The molecule has 1 unspecified atom stereocenters. The third-order valence-corrected chi connectivity index (χ3v) is 2.89. The van der Waals surface area contributed by atoms with Crippen LogP contribution in [0.25, 0.3) is 0 Å². The van der Waals surface area contributed by atoms with Crippen LogP contribution in [0.4, 0.5) is 0 Å². The number of nitrogens with two attached hydrogens (primary N) is 1. The van der Waals surface area contributed by atoms with E-state index in [-0.39, 0.29) is 6.04 Å². The molecule has 0 fully saturated rings. The summed E-state index contributed by atoms with van der Waals surface area (Å²) < 4.78 is 10.4. The lowest BCUT2D eigenvalue weighted by Crippen LogP contribution is -2.28. The molecule has 1 aromatic carbocycles. The van der Waals surface area contributed by atoms with Gasteiger partial charge in [0.25, 0.3) is 0 Å². The average Bonchev–Trinajstić information content (AvgIpc) is 2.34. The minimum absolute atomic E-state index is 0.0557. The standard InChI is InChI=1S/C13H19ClN2O2/c1-8(2)5-11(16-15)9-6-10(14)13(18-4)12(7-9)17-3/h6-7,11,16H,1,5,15H2,2-4H3. The Morgan fingerprint density at radius 3 is 2.56 bits per heavy atom. The number of benzene rings is 1. The van der Waals surface area contributed by atoms with E-state index in [1.54, 1.807) is 14.2 Å². The molecule has 0 aliphatic carbocycles. The second-order valence-electron chi connectivity index (χ2n) is 4.12. The van der Waals surface area contributed by atoms with Crippen LogP contribution in [0.1, 0.15) is 24.9 Å². The Hall–Kier alpha value is -1.23. The Balaban J connectivity index is 3.16. The van der Waals surface area contributed by atoms with Gasteiger partial charge in [0.1, 0.15) is 0 Å². The molecular weight excluding hydrogens is 252 g/mol. The van der Waals surface area contributed by atoms with E-state index in [0.717, 1.165) is 17.6 Å². The molecule has 0 amide bonds. The van der Waals surface area contributed by atoms with Crippen LogP contribution in [0.2, 0.25) is 5.02 Å². The molecule has 0 aliphatic rings. The summed E-state index contributed by atoms with van der Waals surface area (Å²) in [4.78, 5) is 0. The highest BCUT2D eigenvalue weighted by Crippen LogP contribution is 2.38. The van der Waals surface area contributed by atoms with Crippen molar-refractivity contribution in [2.45, 2.75) is 19.4 Å². The van der Waals surface area contributed by atoms with E-state index in [9.17, 15) is 0 Å². The van der Waals surface area contributed by atoms with Gasteiger partial charge in [-0.15, -0.1) is 6.58 Å². The van der Waals surface area contributed by atoms with Crippen LogP contribution in [0.5, 0.6) is 11.5 Å². The maximum atomic E-state index is 6.16. The Labute approximate surface area is 113 Å². The third-order valence-electron chi connectivity index (χ3n) is 2.61. The quantitative estimate of drug-likeness (QED) is 0.474. The second kappa shape index (κ2) is 6.64. The largest absolute Gasteiger partial charge is 0.493 e. The normalized spacial score (nSPS) is 12.1. The number of hydrogen-bond acceptors (Lipinski definition) is 4. The van der Waals surface area contributed by atoms with E-state index in [0.29, 0.717) is 16.5 Å². The van der Waals surface area contributed by atoms with Crippen LogP contribution in [0.3, 0.4) is 0 Å². The summed E-state index contributed by atoms with van der Waals surface area (Å²) in [5, 5.41) is 0.494. The molecule has 0 bridgehead atoms. The molecule has 4 nitrogen and oxygen atoms in total. The predicted molar refractivity (Wildman–Crippen MR) is 74.1 cm³/mol. The Morgan fingerprint density at radius 1 is 1.44 bits per heavy atom. The zero-order chi connectivity index (χ0) is 13.7. The van der Waals surface area contributed by atoms with E-state index in [1.807, 2.05) is 19.1 Å². The number of hydrogen-bond donors (Lipinski definition) is 2. The van der Waals surface area contributed by atoms with Crippen molar-refractivity contribution in [2.75, 3.05) is 14.2 Å². The Bertz CT molecular complexity index is 435. The second-order valence-corrected chi connectivity index (χ2v) is 4.53. The molecule has 1 aromatic rings. The number of ether oxygens (including phenoxy) is 2. The fourth-order valence-corrected chi connectivity index (χ4v) is 2.06. The van der Waals surface area contributed by atoms with Gasteiger partial charge in [-0.25, -0.2) is 0 Å². The molecule has 0 aliphatic heterocycles. The molecule has 0 spiro atoms. The van der Waals surface area contributed by atoms with Crippen molar-refractivity contribution in [1.82, 2.24) is 5.43 Å². The third kappa shape index (κ3) is 3.38. The molecule has 0 aromatic heterocycles. The summed E-state index contributed by atoms with van der Waals surface area (Å²) in [6.45, 7) is 5.83. The van der Waals surface area contributed by atoms with Gasteiger partial charge in [0.05, 0.1) is 19.2 Å². The molecule has 0 saturated carbocycles. The van der Waals surface area contributed by atoms with Crippen molar-refractivity contribution in [3.8, 4) is 11.5 Å². The van der Waals surface area contributed by atoms with Crippen LogP contribution in [0, 0.1) is 0 Å². The van der Waals surface area contributed by atoms with Crippen molar-refractivity contribution in [1.29, 1.82) is 0 Å². The first-order valence-corrected chi connectivity index (χ1v) is 5.93. The van der Waals surface area contributed by atoms with Crippen LogP contribution >= 0.6 is 11.6 Å². The van der Waals surface area contributed by atoms with Gasteiger partial charge in [0, 0.05) is 6.04 Å². The van der Waals surface area contributed by atoms with Crippen molar-refractivity contribution in [3.63, 3.8) is 0 Å². The van der Waals surface area contributed by atoms with Crippen molar-refractivity contribution in [2.24, 2.45) is 5.84 Å². The lowest BCUT2D eigenvalue weighted by Gasteiger charge is -2.19. The SMILES string of the molecule is C=C(C)CC(NN)c1cc(Cl)c(OC)c(OC)c1. The molecule has 5 heteroatoms. The highest BCUT2D eigenvalue weighted by atomic mass is 35.5. The molecule has 1 rings (SSSR count). The fraction of sp³-hybridized carbons (Fsp3) is 0.385. The predicted octanol–water partition coefficient (Wildman–Crippen LogP) is 2.83. The van der Waals surface area contributed by atoms with Gasteiger partial charge in [-0.05, 0) is 31.0 Å². The summed E-state index contributed by atoms with van der Waals surface area (Å²) in [7, 11) is 3.12. The monoisotopic (exact) mass is 270 g/mol. The molecule has 0 saturated heterocycles. The minimum atomic E-state index is -0.0557. The van der Waals surface area contributed by atoms with E-state index < -0.39 is 0 Å². The van der Waals surface area contributed by atoms with E-state index in [4.69, 9.17) is 26.9 Å². The summed E-state index contributed by atoms with van der Waals surface area (Å²) >= 11 is 6.16. The Morgan fingerprint density at radius 2 is 2.11 bits per heavy atom. The number of rotatable bonds is 6. The lowest BCUT2D eigenvalue weighted by atomic mass is 10.0. The number of methoxy groups -OCH3 is 2. The minimum Gasteiger partial charge on any atom is -0.493 e. The number of nitrogens with one attached hydrogen (secondary N) is 1. The molecular formula is C13H19ClN2O2. The van der Waals surface area contributed by atoms with Crippen molar-refractivity contribution < 1.29 is 9.47 Å². The fourth-order valence-electron chi connectivity index (χ4n) is 1.76. The van der Waals surface area contributed by atoms with Crippen LogP contribution in [-0.2, 0) is 0 Å². The van der Waals surface area contributed by atoms with E-state index in [2.05, 4.69) is 12.0 Å². The van der Waals surface area contributed by atoms with Crippen LogP contribution in [0.15, 0.2) is 24.3 Å². The maximum absolute atomic E-state index is 6.16. The molecule has 1 atom stereocenters. The molecule has 3 N–H and O–H groups in total. The van der Waals surface area contributed by atoms with Crippen LogP contribution < -0.4 is 20.7 Å². The first-order valence-electron chi connectivity index (χ1n) is 5.55. The Kier molecular flexibility index (Phi) is 5.47. The van der Waals surface area contributed by atoms with Gasteiger partial charge >= 0.3 is 0 Å². The average molecular weight is 271 g/mol. The molecule has 0 radical (unpaired) electrons. The van der Waals surface area contributed by atoms with Gasteiger partial charge in [-0.3, -0.25) is 11.3 Å². The van der Waals surface area contributed by atoms with Crippen LogP contribution in [-0.4, -0.2) is 14.2 Å². The maximum Gasteiger partial charge on any atom is 0.179 e. The highest BCUT2D eigenvalue weighted by molar-refractivity contribution is 6.32. The molecule has 18 heavy (non-hydrogen) atoms. The van der Waals surface area contributed by atoms with Crippen molar-refractivity contribution >= 4 is 11.6 Å². The number of hydrazine groups is 1. The smallest absolute Gasteiger partial charge is 0.179 e. The zero-order valence-electron chi connectivity index (χ0n) is 10.9. The van der Waals surface area contributed by atoms with E-state index in [1.165, 1.54) is 0 Å². The number of halogens is 1. The molecule has 100 valence electrons.